The van der Waals surface area contributed by atoms with E-state index in [0.29, 0.717) is 55.8 Å². The van der Waals surface area contributed by atoms with Crippen LogP contribution in [0.3, 0.4) is 0 Å². The lowest BCUT2D eigenvalue weighted by Gasteiger charge is -2.30. The van der Waals surface area contributed by atoms with Gasteiger partial charge in [-0.3, -0.25) is 4.79 Å². The molecule has 3 aromatic rings. The molecule has 3 N–H and O–H groups in total. The van der Waals surface area contributed by atoms with Gasteiger partial charge in [0.1, 0.15) is 12.4 Å². The van der Waals surface area contributed by atoms with E-state index in [0.717, 1.165) is 5.56 Å². The second-order valence-corrected chi connectivity index (χ2v) is 11.0. The lowest BCUT2D eigenvalue weighted by atomic mass is 9.95. The monoisotopic (exact) mass is 680 g/mol. The van der Waals surface area contributed by atoms with Gasteiger partial charge in [0.15, 0.2) is 23.2 Å². The first-order valence-electron chi connectivity index (χ1n) is 13.7. The van der Waals surface area contributed by atoms with Crippen LogP contribution in [0.4, 0.5) is 0 Å². The van der Waals surface area contributed by atoms with Crippen LogP contribution in [-0.2, 0) is 20.9 Å². The van der Waals surface area contributed by atoms with Crippen LogP contribution in [0.15, 0.2) is 81.5 Å². The summed E-state index contributed by atoms with van der Waals surface area (Å²) < 4.78 is 23.3. The summed E-state index contributed by atoms with van der Waals surface area (Å²) in [6, 6.07) is 18.1. The zero-order chi connectivity index (χ0) is 31.6. The highest BCUT2D eigenvalue weighted by Gasteiger charge is 2.32. The summed E-state index contributed by atoms with van der Waals surface area (Å²) >= 11 is 8.86. The molecule has 0 aliphatic carbocycles. The molecule has 0 fully saturated rings. The van der Waals surface area contributed by atoms with Gasteiger partial charge in [0, 0.05) is 11.3 Å². The molecular weight excluding hydrogens is 648 g/mol. The fourth-order valence-electron chi connectivity index (χ4n) is 4.41. The average molecular weight is 682 g/mol. The Bertz CT molecular complexity index is 1590. The van der Waals surface area contributed by atoms with E-state index in [1.54, 1.807) is 45.2 Å². The lowest BCUT2D eigenvalue weighted by molar-refractivity contribution is -0.139. The Morgan fingerprint density at radius 2 is 1.82 bits per heavy atom. The molecule has 1 amide bonds. The number of hydrogen-bond donors (Lipinski definition) is 3. The zero-order valence-electron chi connectivity index (χ0n) is 24.7. The fraction of sp³-hybridized carbons (Fsp3) is 0.250. The molecular formula is C32H33BrN4O6S. The van der Waals surface area contributed by atoms with Crippen molar-refractivity contribution in [3.05, 3.63) is 98.7 Å². The van der Waals surface area contributed by atoms with Crippen molar-refractivity contribution in [1.82, 2.24) is 16.1 Å². The Balaban J connectivity index is 1.39. The van der Waals surface area contributed by atoms with Gasteiger partial charge >= 0.3 is 5.97 Å². The number of amides is 1. The fourth-order valence-corrected chi connectivity index (χ4v) is 5.25. The van der Waals surface area contributed by atoms with Crippen LogP contribution >= 0.6 is 28.1 Å². The van der Waals surface area contributed by atoms with Gasteiger partial charge in [-0.15, -0.1) is 0 Å². The molecule has 1 heterocycles. The Hall–Kier alpha value is -4.42. The van der Waals surface area contributed by atoms with Crippen molar-refractivity contribution in [1.29, 1.82) is 0 Å². The van der Waals surface area contributed by atoms with E-state index in [9.17, 15) is 9.59 Å². The van der Waals surface area contributed by atoms with Crippen molar-refractivity contribution in [2.24, 2.45) is 5.10 Å². The molecule has 230 valence electrons. The third kappa shape index (κ3) is 8.35. The minimum Gasteiger partial charge on any atom is -0.493 e. The van der Waals surface area contributed by atoms with Crippen LogP contribution < -0.4 is 30.3 Å². The number of hydrazone groups is 1. The lowest BCUT2D eigenvalue weighted by Crippen LogP contribution is -2.45. The van der Waals surface area contributed by atoms with E-state index < -0.39 is 17.9 Å². The first-order valence-corrected chi connectivity index (χ1v) is 14.9. The Morgan fingerprint density at radius 1 is 1.07 bits per heavy atom. The third-order valence-corrected chi connectivity index (χ3v) is 7.32. The van der Waals surface area contributed by atoms with Crippen LogP contribution in [0, 0.1) is 6.92 Å². The smallest absolute Gasteiger partial charge is 0.338 e. The number of halogens is 1. The normalized spacial score (nSPS) is 14.5. The highest BCUT2D eigenvalue weighted by atomic mass is 79.9. The number of esters is 1. The predicted octanol–water partition coefficient (Wildman–Crippen LogP) is 5.23. The first-order chi connectivity index (χ1) is 21.2. The van der Waals surface area contributed by atoms with Crippen molar-refractivity contribution in [3.8, 4) is 17.2 Å². The number of rotatable bonds is 12. The number of para-hydroxylation sites is 1. The van der Waals surface area contributed by atoms with Crippen molar-refractivity contribution < 1.29 is 28.5 Å². The van der Waals surface area contributed by atoms with Crippen molar-refractivity contribution in [3.63, 3.8) is 0 Å². The Kier molecular flexibility index (Phi) is 11.3. The van der Waals surface area contributed by atoms with Crippen LogP contribution in [0.25, 0.3) is 0 Å². The quantitative estimate of drug-likeness (QED) is 0.102. The first kappa shape index (κ1) is 32.5. The molecule has 0 saturated heterocycles. The molecule has 1 aliphatic rings. The molecule has 1 aliphatic heterocycles. The molecule has 0 spiro atoms. The van der Waals surface area contributed by atoms with Gasteiger partial charge in [-0.1, -0.05) is 48.0 Å². The van der Waals surface area contributed by atoms with E-state index in [1.807, 2.05) is 43.3 Å². The molecule has 10 nitrogen and oxygen atoms in total. The number of nitrogens with zero attached hydrogens (tertiary/aromatic N) is 1. The summed E-state index contributed by atoms with van der Waals surface area (Å²) in [4.78, 5) is 25.4. The molecule has 1 atom stereocenters. The maximum absolute atomic E-state index is 12.8. The summed E-state index contributed by atoms with van der Waals surface area (Å²) in [5, 5.41) is 10.5. The number of hydrogen-bond acceptors (Lipinski definition) is 8. The molecule has 0 unspecified atom stereocenters. The maximum atomic E-state index is 12.8. The predicted molar refractivity (Wildman–Crippen MR) is 175 cm³/mol. The second-order valence-electron chi connectivity index (χ2n) is 9.72. The molecule has 0 bridgehead atoms. The number of allylic oxidation sites excluding steroid dienone is 1. The Labute approximate surface area is 269 Å². The van der Waals surface area contributed by atoms with Gasteiger partial charge in [0.05, 0.1) is 36.0 Å². The topological polar surface area (TPSA) is 120 Å². The van der Waals surface area contributed by atoms with Gasteiger partial charge in [0.25, 0.3) is 5.91 Å². The van der Waals surface area contributed by atoms with Gasteiger partial charge in [-0.2, -0.15) is 5.10 Å². The number of thiocarbonyl (C=S) groups is 1. The van der Waals surface area contributed by atoms with E-state index in [-0.39, 0.29) is 13.2 Å². The second kappa shape index (κ2) is 15.3. The summed E-state index contributed by atoms with van der Waals surface area (Å²) in [5.41, 5.74) is 6.92. The van der Waals surface area contributed by atoms with Gasteiger partial charge in [0.2, 0.25) is 0 Å². The van der Waals surface area contributed by atoms with E-state index in [4.69, 9.17) is 31.2 Å². The van der Waals surface area contributed by atoms with E-state index in [1.165, 1.54) is 11.8 Å². The number of methoxy groups -OCH3 is 1. The molecule has 0 radical (unpaired) electrons. The van der Waals surface area contributed by atoms with Crippen molar-refractivity contribution in [2.75, 3.05) is 20.3 Å². The van der Waals surface area contributed by atoms with Crippen LogP contribution in [0.1, 0.15) is 42.1 Å². The van der Waals surface area contributed by atoms with Crippen LogP contribution in [-0.4, -0.2) is 43.5 Å². The number of nitrogens with one attached hydrogen (secondary N) is 3. The summed E-state index contributed by atoms with van der Waals surface area (Å²) in [5.74, 6) is 0.510. The molecule has 3 aromatic carbocycles. The standard InChI is InChI=1S/C32H33BrN4O6S/c1-5-41-31(39)28-20(3)35-32(44)36-29(28)23-8-6-7-9-25(23)42-18-27(38)37-34-16-22-14-24(33)30(26(15-22)40-4)43-17-21-12-10-19(2)11-13-21/h6-16,29H,5,17-18H2,1-4H3,(H,37,38)(H2,35,36,44)/t29-/m0/s1. The largest absolute Gasteiger partial charge is 0.493 e. The van der Waals surface area contributed by atoms with Crippen molar-refractivity contribution in [2.45, 2.75) is 33.4 Å². The third-order valence-electron chi connectivity index (χ3n) is 6.51. The van der Waals surface area contributed by atoms with Gasteiger partial charge in [-0.25, -0.2) is 10.2 Å². The minimum absolute atomic E-state index is 0.224. The summed E-state index contributed by atoms with van der Waals surface area (Å²) in [7, 11) is 1.55. The molecule has 44 heavy (non-hydrogen) atoms. The highest BCUT2D eigenvalue weighted by molar-refractivity contribution is 9.10. The van der Waals surface area contributed by atoms with Crippen molar-refractivity contribution >= 4 is 51.4 Å². The van der Waals surface area contributed by atoms with Crippen LogP contribution in [0.2, 0.25) is 0 Å². The molecule has 12 heteroatoms. The average Bonchev–Trinajstić information content (AvgIpc) is 3.00. The summed E-state index contributed by atoms with van der Waals surface area (Å²) in [6.45, 7) is 5.80. The number of ether oxygens (including phenoxy) is 4. The van der Waals surface area contributed by atoms with Gasteiger partial charge in [-0.05, 0) is 78.2 Å². The maximum Gasteiger partial charge on any atom is 0.338 e. The number of benzene rings is 3. The summed E-state index contributed by atoms with van der Waals surface area (Å²) in [6.07, 6.45) is 1.49. The van der Waals surface area contributed by atoms with Gasteiger partial charge < -0.3 is 29.6 Å². The molecule has 4 rings (SSSR count). The molecule has 0 saturated carbocycles. The Morgan fingerprint density at radius 3 is 2.55 bits per heavy atom. The molecule has 0 aromatic heterocycles. The number of aryl methyl sites for hydroxylation is 1. The SMILES string of the molecule is CCOC(=O)C1=C(C)NC(=S)N[C@H]1c1ccccc1OCC(=O)NN=Cc1cc(Br)c(OCc2ccc(C)cc2)c(OC)c1. The van der Waals surface area contributed by atoms with E-state index >= 15 is 0 Å². The number of carbonyl (C=O) groups is 2. The van der Waals surface area contributed by atoms with E-state index in [2.05, 4.69) is 37.1 Å². The van der Waals surface area contributed by atoms with Crippen LogP contribution in [0.5, 0.6) is 17.2 Å². The minimum atomic E-state index is -0.627. The zero-order valence-corrected chi connectivity index (χ0v) is 27.1. The number of carbonyl (C=O) groups excluding carboxylic acids is 2. The highest BCUT2D eigenvalue weighted by Crippen LogP contribution is 2.37.